The summed E-state index contributed by atoms with van der Waals surface area (Å²) in [7, 11) is 3.40. The first-order chi connectivity index (χ1) is 15.1. The van der Waals surface area contributed by atoms with Crippen LogP contribution in [0.1, 0.15) is 57.4 Å². The molecular formula is C24H39IN4O3. The number of carbonyl (C=O) groups excluding carboxylic acids is 1. The molecule has 1 aromatic carbocycles. The molecule has 0 radical (unpaired) electrons. The smallest absolute Gasteiger partial charge is 0.220 e. The topological polar surface area (TPSA) is 75.2 Å². The molecule has 0 spiro atoms. The lowest BCUT2D eigenvalue weighted by Gasteiger charge is -2.34. The highest BCUT2D eigenvalue weighted by Crippen LogP contribution is 2.32. The van der Waals surface area contributed by atoms with Crippen LogP contribution in [0.2, 0.25) is 0 Å². The Kier molecular flexibility index (Phi) is 11.4. The van der Waals surface area contributed by atoms with Crippen LogP contribution in [-0.2, 0) is 11.3 Å². The zero-order chi connectivity index (χ0) is 22.1. The van der Waals surface area contributed by atoms with Gasteiger partial charge in [0.15, 0.2) is 17.5 Å². The number of methoxy groups -OCH3 is 1. The number of piperidine rings is 1. The standard InChI is InChI=1S/C24H38N4O3.HI/c1-4-26-24(28-13-11-18(12-14-28)16-23(29)25-2)27-17-19-9-10-21(22(15-19)30-3)31-20-7-5-6-8-20;/h9-10,15,18,20H,4-8,11-14,16-17H2,1-3H3,(H,25,29)(H,26,27);1H. The highest BCUT2D eigenvalue weighted by molar-refractivity contribution is 14.0. The largest absolute Gasteiger partial charge is 0.493 e. The number of hydrogen-bond acceptors (Lipinski definition) is 4. The van der Waals surface area contributed by atoms with E-state index in [0.717, 1.165) is 68.3 Å². The van der Waals surface area contributed by atoms with Crippen molar-refractivity contribution in [2.24, 2.45) is 10.9 Å². The van der Waals surface area contributed by atoms with Crippen LogP contribution in [0.25, 0.3) is 0 Å². The van der Waals surface area contributed by atoms with Crippen molar-refractivity contribution in [3.05, 3.63) is 23.8 Å². The summed E-state index contributed by atoms with van der Waals surface area (Å²) in [4.78, 5) is 18.8. The van der Waals surface area contributed by atoms with Crippen LogP contribution in [0.5, 0.6) is 11.5 Å². The van der Waals surface area contributed by atoms with Gasteiger partial charge in [0.05, 0.1) is 19.8 Å². The van der Waals surface area contributed by atoms with E-state index in [1.807, 2.05) is 12.1 Å². The number of rotatable bonds is 8. The van der Waals surface area contributed by atoms with Crippen molar-refractivity contribution in [1.29, 1.82) is 0 Å². The fourth-order valence-electron chi connectivity index (χ4n) is 4.40. The van der Waals surface area contributed by atoms with E-state index in [1.165, 1.54) is 12.8 Å². The molecule has 2 aliphatic rings. The molecule has 1 aliphatic carbocycles. The van der Waals surface area contributed by atoms with Gasteiger partial charge in [-0.15, -0.1) is 24.0 Å². The first-order valence-corrected chi connectivity index (χ1v) is 11.7. The van der Waals surface area contributed by atoms with Gasteiger partial charge in [-0.2, -0.15) is 0 Å². The van der Waals surface area contributed by atoms with Crippen LogP contribution in [0.3, 0.4) is 0 Å². The van der Waals surface area contributed by atoms with Crippen molar-refractivity contribution in [2.75, 3.05) is 33.8 Å². The number of hydrogen-bond donors (Lipinski definition) is 2. The van der Waals surface area contributed by atoms with Crippen molar-refractivity contribution in [3.63, 3.8) is 0 Å². The van der Waals surface area contributed by atoms with Crippen LogP contribution in [-0.4, -0.2) is 56.7 Å². The van der Waals surface area contributed by atoms with E-state index in [0.29, 0.717) is 25.0 Å². The maximum atomic E-state index is 11.6. The first-order valence-electron chi connectivity index (χ1n) is 11.7. The van der Waals surface area contributed by atoms with E-state index in [2.05, 4.69) is 28.5 Å². The molecule has 7 nitrogen and oxygen atoms in total. The van der Waals surface area contributed by atoms with Gasteiger partial charge in [0.2, 0.25) is 5.91 Å². The van der Waals surface area contributed by atoms with Crippen LogP contribution in [0.4, 0.5) is 0 Å². The summed E-state index contributed by atoms with van der Waals surface area (Å²) in [5.41, 5.74) is 1.10. The Morgan fingerprint density at radius 3 is 2.50 bits per heavy atom. The lowest BCUT2D eigenvalue weighted by molar-refractivity contribution is -0.121. The second-order valence-electron chi connectivity index (χ2n) is 8.49. The van der Waals surface area contributed by atoms with Gasteiger partial charge < -0.3 is 25.0 Å². The van der Waals surface area contributed by atoms with Gasteiger partial charge in [-0.1, -0.05) is 6.07 Å². The highest BCUT2D eigenvalue weighted by Gasteiger charge is 2.23. The average molecular weight is 559 g/mol. The molecule has 3 rings (SSSR count). The summed E-state index contributed by atoms with van der Waals surface area (Å²) in [5, 5.41) is 6.15. The zero-order valence-electron chi connectivity index (χ0n) is 19.7. The maximum absolute atomic E-state index is 11.6. The van der Waals surface area contributed by atoms with Crippen LogP contribution in [0, 0.1) is 5.92 Å². The Labute approximate surface area is 209 Å². The Balaban J connectivity index is 0.00000363. The molecule has 1 amide bonds. The van der Waals surface area contributed by atoms with Crippen LogP contribution >= 0.6 is 24.0 Å². The number of nitrogens with one attached hydrogen (secondary N) is 2. The Morgan fingerprint density at radius 1 is 1.16 bits per heavy atom. The number of benzene rings is 1. The zero-order valence-corrected chi connectivity index (χ0v) is 22.0. The molecule has 1 saturated carbocycles. The summed E-state index contributed by atoms with van der Waals surface area (Å²) >= 11 is 0. The van der Waals surface area contributed by atoms with Gasteiger partial charge in [0, 0.05) is 33.1 Å². The number of amides is 1. The van der Waals surface area contributed by atoms with Crippen molar-refractivity contribution in [3.8, 4) is 11.5 Å². The van der Waals surface area contributed by atoms with Crippen LogP contribution < -0.4 is 20.1 Å². The molecule has 0 atom stereocenters. The molecular weight excluding hydrogens is 519 g/mol. The molecule has 0 unspecified atom stereocenters. The Morgan fingerprint density at radius 2 is 1.88 bits per heavy atom. The average Bonchev–Trinajstić information content (AvgIpc) is 3.31. The van der Waals surface area contributed by atoms with Crippen molar-refractivity contribution in [1.82, 2.24) is 15.5 Å². The monoisotopic (exact) mass is 558 g/mol. The van der Waals surface area contributed by atoms with Crippen LogP contribution in [0.15, 0.2) is 23.2 Å². The summed E-state index contributed by atoms with van der Waals surface area (Å²) in [6.45, 7) is 5.34. The highest BCUT2D eigenvalue weighted by atomic mass is 127. The SMILES string of the molecule is CCNC(=NCc1ccc(OC2CCCC2)c(OC)c1)N1CCC(CC(=O)NC)CC1.I. The van der Waals surface area contributed by atoms with E-state index in [-0.39, 0.29) is 29.9 Å². The third-order valence-corrected chi connectivity index (χ3v) is 6.24. The van der Waals surface area contributed by atoms with Crippen molar-refractivity contribution in [2.45, 2.75) is 64.5 Å². The number of ether oxygens (including phenoxy) is 2. The van der Waals surface area contributed by atoms with Gasteiger partial charge in [-0.25, -0.2) is 4.99 Å². The second kappa shape index (κ2) is 13.7. The Bertz CT molecular complexity index is 745. The summed E-state index contributed by atoms with van der Waals surface area (Å²) in [6, 6.07) is 6.13. The first kappa shape index (κ1) is 26.5. The predicted octanol–water partition coefficient (Wildman–Crippen LogP) is 3.95. The summed E-state index contributed by atoms with van der Waals surface area (Å²) in [6.07, 6.45) is 7.70. The molecule has 0 bridgehead atoms. The molecule has 2 N–H and O–H groups in total. The van der Waals surface area contributed by atoms with E-state index >= 15 is 0 Å². The lowest BCUT2D eigenvalue weighted by atomic mass is 9.93. The fourth-order valence-corrected chi connectivity index (χ4v) is 4.40. The number of aliphatic imine (C=N–C) groups is 1. The number of halogens is 1. The second-order valence-corrected chi connectivity index (χ2v) is 8.49. The van der Waals surface area contributed by atoms with E-state index in [4.69, 9.17) is 14.5 Å². The molecule has 1 aromatic rings. The molecule has 1 saturated heterocycles. The number of nitrogens with zero attached hydrogens (tertiary/aromatic N) is 2. The van der Waals surface area contributed by atoms with E-state index < -0.39 is 0 Å². The molecule has 0 aromatic heterocycles. The van der Waals surface area contributed by atoms with Gasteiger partial charge in [-0.05, 0) is 69.1 Å². The lowest BCUT2D eigenvalue weighted by Crippen LogP contribution is -2.46. The molecule has 32 heavy (non-hydrogen) atoms. The normalized spacial score (nSPS) is 17.6. The fraction of sp³-hybridized carbons (Fsp3) is 0.667. The minimum atomic E-state index is 0. The third-order valence-electron chi connectivity index (χ3n) is 6.24. The third kappa shape index (κ3) is 7.71. The molecule has 1 heterocycles. The van der Waals surface area contributed by atoms with Gasteiger partial charge in [0.1, 0.15) is 0 Å². The van der Waals surface area contributed by atoms with Crippen molar-refractivity contribution < 1.29 is 14.3 Å². The molecule has 1 aliphatic heterocycles. The van der Waals surface area contributed by atoms with Gasteiger partial charge in [-0.3, -0.25) is 4.79 Å². The van der Waals surface area contributed by atoms with E-state index in [9.17, 15) is 4.79 Å². The van der Waals surface area contributed by atoms with Gasteiger partial charge >= 0.3 is 0 Å². The summed E-state index contributed by atoms with van der Waals surface area (Å²) < 4.78 is 11.7. The predicted molar refractivity (Wildman–Crippen MR) is 139 cm³/mol. The Hall–Kier alpha value is -1.71. The minimum Gasteiger partial charge on any atom is -0.493 e. The number of guanidine groups is 1. The minimum absolute atomic E-state index is 0. The molecule has 8 heteroatoms. The maximum Gasteiger partial charge on any atom is 0.220 e. The quantitative estimate of drug-likeness (QED) is 0.287. The van der Waals surface area contributed by atoms with Crippen molar-refractivity contribution >= 4 is 35.8 Å². The molecule has 2 fully saturated rings. The number of likely N-dealkylation sites (tertiary alicyclic amines) is 1. The van der Waals surface area contributed by atoms with E-state index in [1.54, 1.807) is 14.2 Å². The summed E-state index contributed by atoms with van der Waals surface area (Å²) in [5.74, 6) is 3.13. The number of carbonyl (C=O) groups is 1. The molecule has 180 valence electrons. The van der Waals surface area contributed by atoms with Gasteiger partial charge in [0.25, 0.3) is 0 Å².